The normalized spacial score (nSPS) is 14.9. The number of phosphoric acid groups is 2. The van der Waals surface area contributed by atoms with E-state index in [0.717, 1.165) is 180 Å². The Balaban J connectivity index is 5.54. The SMILES string of the molecule is CC/C=C\C/C=C\C/C=C\C/C=C\C/C=C\C/C=C\CCC(=O)OCC(COP(=O)(O)OCC(O)COP(=O)(O)OCC(COC(=O)CCCCCCCC/C=C\C/C=C\C/C=C\C/C=C\CC)OC(=O)CCCCCCC/C=C\C/C=C\C/C=C\CC)OC(=O)CCC/C=C\C/C=C\C/C=C\C/C=C\C/C=C\CC. The van der Waals surface area contributed by atoms with Gasteiger partial charge in [0.05, 0.1) is 26.4 Å². The number of carbonyl (C=O) groups is 4. The Kier molecular flexibility index (Phi) is 75.6. The van der Waals surface area contributed by atoms with Crippen molar-refractivity contribution in [2.45, 2.75) is 290 Å². The predicted octanol–water partition coefficient (Wildman–Crippen LogP) is 24.4. The lowest BCUT2D eigenvalue weighted by molar-refractivity contribution is -0.161. The van der Waals surface area contributed by atoms with Gasteiger partial charge in [0, 0.05) is 25.7 Å². The Bertz CT molecular complexity index is 2950. The molecule has 0 spiro atoms. The van der Waals surface area contributed by atoms with Crippen LogP contribution in [0.1, 0.15) is 272 Å². The van der Waals surface area contributed by atoms with E-state index in [1.165, 1.54) is 0 Å². The van der Waals surface area contributed by atoms with Gasteiger partial charge in [0.15, 0.2) is 12.2 Å². The molecule has 618 valence electrons. The van der Waals surface area contributed by atoms with E-state index in [0.29, 0.717) is 38.5 Å². The molecule has 0 bridgehead atoms. The van der Waals surface area contributed by atoms with Gasteiger partial charge >= 0.3 is 39.5 Å². The van der Waals surface area contributed by atoms with Gasteiger partial charge in [-0.3, -0.25) is 37.3 Å². The molecule has 0 radical (unpaired) electrons. The molecule has 0 aromatic rings. The summed E-state index contributed by atoms with van der Waals surface area (Å²) in [5.74, 6) is -2.40. The predicted molar refractivity (Wildman–Crippen MR) is 454 cm³/mol. The molecular weight excluding hydrogens is 1430 g/mol. The van der Waals surface area contributed by atoms with Gasteiger partial charge < -0.3 is 33.8 Å². The number of unbranched alkanes of at least 4 members (excludes halogenated alkanes) is 12. The molecule has 0 heterocycles. The molecule has 3 N–H and O–H groups in total. The molecule has 0 aliphatic carbocycles. The molecule has 0 aromatic heterocycles. The first kappa shape index (κ1) is 103. The van der Waals surface area contributed by atoms with Crippen molar-refractivity contribution >= 4 is 39.5 Å². The minimum absolute atomic E-state index is 0.00942. The maximum Gasteiger partial charge on any atom is 0.472 e. The molecule has 0 rings (SSSR count). The van der Waals surface area contributed by atoms with Gasteiger partial charge in [-0.05, 0) is 173 Å². The number of carbonyl (C=O) groups excluding carboxylic acids is 4. The summed E-state index contributed by atoms with van der Waals surface area (Å²) in [6.45, 7) is 4.20. The largest absolute Gasteiger partial charge is 0.472 e. The molecule has 5 unspecified atom stereocenters. The van der Waals surface area contributed by atoms with Crippen molar-refractivity contribution in [3.63, 3.8) is 0 Å². The van der Waals surface area contributed by atoms with Crippen LogP contribution in [0.4, 0.5) is 0 Å². The van der Waals surface area contributed by atoms with Crippen molar-refractivity contribution < 1.29 is 80.2 Å². The van der Waals surface area contributed by atoms with E-state index in [1.54, 1.807) is 0 Å². The van der Waals surface area contributed by atoms with Gasteiger partial charge in [0.2, 0.25) is 0 Å². The van der Waals surface area contributed by atoms with Crippen LogP contribution in [0.25, 0.3) is 0 Å². The first-order valence-electron chi connectivity index (χ1n) is 41.0. The second kappa shape index (κ2) is 80.4. The fourth-order valence-electron chi connectivity index (χ4n) is 9.87. The zero-order valence-corrected chi connectivity index (χ0v) is 69.4. The van der Waals surface area contributed by atoms with E-state index in [1.807, 2.05) is 30.4 Å². The van der Waals surface area contributed by atoms with E-state index in [9.17, 15) is 43.2 Å². The summed E-state index contributed by atoms with van der Waals surface area (Å²) in [5, 5.41) is 10.7. The van der Waals surface area contributed by atoms with Gasteiger partial charge in [0.25, 0.3) is 0 Å². The number of aliphatic hydroxyl groups excluding tert-OH is 1. The van der Waals surface area contributed by atoms with E-state index in [-0.39, 0.29) is 25.7 Å². The van der Waals surface area contributed by atoms with Gasteiger partial charge in [-0.1, -0.05) is 291 Å². The average molecular weight is 1570 g/mol. The summed E-state index contributed by atoms with van der Waals surface area (Å²) < 4.78 is 68.5. The number of esters is 4. The van der Waals surface area contributed by atoms with E-state index >= 15 is 0 Å². The molecular formula is C91H142O17P2. The van der Waals surface area contributed by atoms with Crippen LogP contribution in [0.2, 0.25) is 0 Å². The van der Waals surface area contributed by atoms with Crippen LogP contribution in [0, 0.1) is 0 Å². The molecule has 0 aliphatic heterocycles. The van der Waals surface area contributed by atoms with Crippen LogP contribution in [0.3, 0.4) is 0 Å². The summed E-state index contributed by atoms with van der Waals surface area (Å²) in [6, 6.07) is 0. The topological polar surface area (TPSA) is 237 Å². The highest BCUT2D eigenvalue weighted by atomic mass is 31.2. The van der Waals surface area contributed by atoms with Crippen molar-refractivity contribution in [3.05, 3.63) is 219 Å². The summed E-state index contributed by atoms with van der Waals surface area (Å²) in [7, 11) is -10.0. The zero-order chi connectivity index (χ0) is 80.3. The van der Waals surface area contributed by atoms with E-state index < -0.39 is 97.5 Å². The molecule has 5 atom stereocenters. The van der Waals surface area contributed by atoms with E-state index in [2.05, 4.69) is 216 Å². The standard InChI is InChI=1S/C91H142O17P2/c1-5-9-13-17-21-25-29-33-37-40-42-45-48-51-55-59-63-67-71-75-88(93)101-81-86(107-90(95)77-73-69-65-61-57-53-47-36-32-28-24-20-16-12-8-4)83-105-109(97,98)103-79-85(92)80-104-110(99,100)106-84-87(108-91(96)78-74-70-66-62-58-54-50-44-39-35-31-27-23-19-15-11-7-3)82-102-89(94)76-72-68-64-60-56-52-49-46-43-41-38-34-30-26-22-18-14-10-6-2/h9-16,21-28,33-39,42-43,45-47,50,52,54,56,62,64,66,68,85-87,92H,5-8,17-20,29-32,40-41,44,48-49,51,53,55,57-61,63,65,67,69-84H2,1-4H3,(H,97,98)(H,99,100)/b13-9-,14-10-,15-11-,16-12-,25-21-,26-22-,27-23-,28-24-,37-33-,38-34-,39-35-,45-42-,46-43-,47-36-,54-50-,56-52-,66-62-,68-64-. The first-order chi connectivity index (χ1) is 53.7. The quantitative estimate of drug-likeness (QED) is 0.0169. The Morgan fingerprint density at radius 1 is 0.255 bits per heavy atom. The maximum absolute atomic E-state index is 13.1. The zero-order valence-electron chi connectivity index (χ0n) is 67.6. The van der Waals surface area contributed by atoms with Crippen LogP contribution in [-0.2, 0) is 65.4 Å². The van der Waals surface area contributed by atoms with Crippen LogP contribution < -0.4 is 0 Å². The minimum Gasteiger partial charge on any atom is -0.462 e. The molecule has 0 aliphatic rings. The maximum atomic E-state index is 13.1. The van der Waals surface area contributed by atoms with Crippen molar-refractivity contribution in [1.82, 2.24) is 0 Å². The lowest BCUT2D eigenvalue weighted by Crippen LogP contribution is -2.30. The van der Waals surface area contributed by atoms with Gasteiger partial charge in [0.1, 0.15) is 19.3 Å². The van der Waals surface area contributed by atoms with Crippen LogP contribution in [0.5, 0.6) is 0 Å². The third kappa shape index (κ3) is 79.5. The third-order valence-corrected chi connectivity index (χ3v) is 17.8. The highest BCUT2D eigenvalue weighted by Gasteiger charge is 2.30. The lowest BCUT2D eigenvalue weighted by atomic mass is 10.1. The highest BCUT2D eigenvalue weighted by molar-refractivity contribution is 7.47. The molecule has 19 heteroatoms. The minimum atomic E-state index is -5.03. The first-order valence-corrected chi connectivity index (χ1v) is 44.0. The molecule has 17 nitrogen and oxygen atoms in total. The van der Waals surface area contributed by atoms with Crippen molar-refractivity contribution in [3.8, 4) is 0 Å². The van der Waals surface area contributed by atoms with Crippen LogP contribution in [-0.4, -0.2) is 96.7 Å². The molecule has 0 saturated heterocycles. The van der Waals surface area contributed by atoms with Crippen molar-refractivity contribution in [2.24, 2.45) is 0 Å². The number of rotatable bonds is 74. The van der Waals surface area contributed by atoms with Gasteiger partial charge in [-0.25, -0.2) is 9.13 Å². The number of aliphatic hydroxyl groups is 1. The summed E-state index contributed by atoms with van der Waals surface area (Å²) in [5.41, 5.74) is 0. The summed E-state index contributed by atoms with van der Waals surface area (Å²) in [4.78, 5) is 73.1. The van der Waals surface area contributed by atoms with Crippen LogP contribution in [0.15, 0.2) is 219 Å². The number of hydrogen-bond donors (Lipinski definition) is 3. The Morgan fingerprint density at radius 2 is 0.473 bits per heavy atom. The summed E-state index contributed by atoms with van der Waals surface area (Å²) >= 11 is 0. The average Bonchev–Trinajstić information content (AvgIpc) is 0.906. The lowest BCUT2D eigenvalue weighted by Gasteiger charge is -2.21. The number of hydrogen-bond acceptors (Lipinski definition) is 15. The second-order valence-corrected chi connectivity index (χ2v) is 29.1. The Morgan fingerprint density at radius 3 is 0.773 bits per heavy atom. The third-order valence-electron chi connectivity index (χ3n) is 15.9. The summed E-state index contributed by atoms with van der Waals surface area (Å²) in [6.07, 6.45) is 102. The molecule has 0 amide bonds. The van der Waals surface area contributed by atoms with Gasteiger partial charge in [-0.15, -0.1) is 0 Å². The molecule has 0 aromatic carbocycles. The highest BCUT2D eigenvalue weighted by Crippen LogP contribution is 2.45. The molecule has 0 fully saturated rings. The fourth-order valence-corrected chi connectivity index (χ4v) is 11.5. The monoisotopic (exact) mass is 1570 g/mol. The fraction of sp³-hybridized carbons (Fsp3) is 0.560. The number of ether oxygens (including phenoxy) is 4. The number of allylic oxidation sites excluding steroid dienone is 36. The smallest absolute Gasteiger partial charge is 0.462 e. The molecule has 0 saturated carbocycles. The van der Waals surface area contributed by atoms with Crippen molar-refractivity contribution in [1.29, 1.82) is 0 Å². The van der Waals surface area contributed by atoms with E-state index in [4.69, 9.17) is 37.0 Å². The Hall–Kier alpha value is -6.62. The van der Waals surface area contributed by atoms with Crippen molar-refractivity contribution in [2.75, 3.05) is 39.6 Å². The number of phosphoric ester groups is 2. The Labute approximate surface area is 664 Å². The van der Waals surface area contributed by atoms with Gasteiger partial charge in [-0.2, -0.15) is 0 Å². The van der Waals surface area contributed by atoms with Crippen LogP contribution >= 0.6 is 15.6 Å². The molecule has 110 heavy (non-hydrogen) atoms. The second-order valence-electron chi connectivity index (χ2n) is 26.2.